The number of hydrogen-bond acceptors (Lipinski definition) is 1. The van der Waals surface area contributed by atoms with Gasteiger partial charge in [-0.3, -0.25) is 0 Å². The normalized spacial score (nSPS) is 31.2. The second-order valence-electron chi connectivity index (χ2n) is 5.51. The van der Waals surface area contributed by atoms with Crippen molar-refractivity contribution in [3.8, 4) is 0 Å². The van der Waals surface area contributed by atoms with Crippen molar-refractivity contribution in [2.24, 2.45) is 11.8 Å². The lowest BCUT2D eigenvalue weighted by atomic mass is 9.92. The molecule has 1 aliphatic carbocycles. The van der Waals surface area contributed by atoms with Gasteiger partial charge in [-0.25, -0.2) is 0 Å². The molecule has 2 rings (SSSR count). The van der Waals surface area contributed by atoms with E-state index >= 15 is 0 Å². The van der Waals surface area contributed by atoms with Crippen LogP contribution in [0.4, 0.5) is 0 Å². The lowest BCUT2D eigenvalue weighted by molar-refractivity contribution is -0.117. The van der Waals surface area contributed by atoms with Gasteiger partial charge >= 0.3 is 0 Å². The quantitative estimate of drug-likeness (QED) is 0.748. The highest BCUT2D eigenvalue weighted by Gasteiger charge is 2.59. The van der Waals surface area contributed by atoms with Crippen molar-refractivity contribution in [2.45, 2.75) is 45.4 Å². The summed E-state index contributed by atoms with van der Waals surface area (Å²) in [5, 5.41) is 0. The topological polar surface area (TPSA) is 17.1 Å². The Morgan fingerprint density at radius 1 is 1.24 bits per heavy atom. The van der Waals surface area contributed by atoms with Crippen LogP contribution in [0.25, 0.3) is 0 Å². The maximum atomic E-state index is 11.1. The number of carbonyl (C=O) groups is 1. The summed E-state index contributed by atoms with van der Waals surface area (Å²) in [6.45, 7) is 6.32. The van der Waals surface area contributed by atoms with E-state index in [9.17, 15) is 4.79 Å². The number of benzene rings is 1. The molecule has 0 amide bonds. The predicted molar refractivity (Wildman–Crippen MR) is 71.0 cm³/mol. The molecule has 1 aromatic rings. The smallest absolute Gasteiger partial charge is 0.129 e. The van der Waals surface area contributed by atoms with Crippen molar-refractivity contribution in [1.82, 2.24) is 0 Å². The highest BCUT2D eigenvalue weighted by Crippen LogP contribution is 2.63. The maximum absolute atomic E-state index is 11.1. The van der Waals surface area contributed by atoms with Gasteiger partial charge in [0.25, 0.3) is 0 Å². The first-order valence-electron chi connectivity index (χ1n) is 6.65. The van der Waals surface area contributed by atoms with Gasteiger partial charge in [0.1, 0.15) is 5.78 Å². The van der Waals surface area contributed by atoms with Gasteiger partial charge in [0.15, 0.2) is 0 Å². The van der Waals surface area contributed by atoms with E-state index < -0.39 is 0 Å². The van der Waals surface area contributed by atoms with Crippen LogP contribution in [-0.4, -0.2) is 5.78 Å². The first-order chi connectivity index (χ1) is 8.10. The van der Waals surface area contributed by atoms with Crippen LogP contribution >= 0.6 is 0 Å². The van der Waals surface area contributed by atoms with Gasteiger partial charge < -0.3 is 4.79 Å². The summed E-state index contributed by atoms with van der Waals surface area (Å²) in [6.07, 6.45) is 3.01. The molecular weight excluding hydrogens is 208 g/mol. The lowest BCUT2D eigenvalue weighted by Crippen LogP contribution is -2.06. The molecule has 0 heterocycles. The third kappa shape index (κ3) is 2.15. The molecule has 0 aromatic heterocycles. The Bertz CT molecular complexity index is 395. The first kappa shape index (κ1) is 12.3. The van der Waals surface area contributed by atoms with E-state index in [0.29, 0.717) is 17.1 Å². The van der Waals surface area contributed by atoms with Crippen LogP contribution in [0.3, 0.4) is 0 Å². The summed E-state index contributed by atoms with van der Waals surface area (Å²) in [5.74, 6) is 1.77. The second kappa shape index (κ2) is 4.64. The standard InChI is InChI=1S/C16H22O/c1-4-14-15(11-10-12(2)17)16(14,3)13-8-6-5-7-9-13/h5-9,14-15H,4,10-11H2,1-3H3/t14-,15+,16+/m1/s1. The Hall–Kier alpha value is -1.11. The lowest BCUT2D eigenvalue weighted by Gasteiger charge is -2.12. The Kier molecular flexibility index (Phi) is 3.37. The van der Waals surface area contributed by atoms with Crippen molar-refractivity contribution in [2.75, 3.05) is 0 Å². The minimum Gasteiger partial charge on any atom is -0.300 e. The molecule has 0 aliphatic heterocycles. The molecule has 0 spiro atoms. The summed E-state index contributed by atoms with van der Waals surface area (Å²) in [5.41, 5.74) is 1.76. The number of carbonyl (C=O) groups excluding carboxylic acids is 1. The van der Waals surface area contributed by atoms with Gasteiger partial charge in [-0.15, -0.1) is 0 Å². The van der Waals surface area contributed by atoms with Crippen LogP contribution in [0.5, 0.6) is 0 Å². The Balaban J connectivity index is 2.12. The molecule has 17 heavy (non-hydrogen) atoms. The van der Waals surface area contributed by atoms with Crippen molar-refractivity contribution < 1.29 is 4.79 Å². The van der Waals surface area contributed by atoms with Crippen molar-refractivity contribution in [3.63, 3.8) is 0 Å². The van der Waals surface area contributed by atoms with Crippen molar-refractivity contribution in [1.29, 1.82) is 0 Å². The molecule has 1 aliphatic rings. The summed E-state index contributed by atoms with van der Waals surface area (Å²) in [4.78, 5) is 11.1. The first-order valence-corrected chi connectivity index (χ1v) is 6.65. The fraction of sp³-hybridized carbons (Fsp3) is 0.562. The van der Waals surface area contributed by atoms with Gasteiger partial charge in [0.2, 0.25) is 0 Å². The number of hydrogen-bond donors (Lipinski definition) is 0. The highest BCUT2D eigenvalue weighted by atomic mass is 16.1. The van der Waals surface area contributed by atoms with E-state index in [1.165, 1.54) is 12.0 Å². The fourth-order valence-electron chi connectivity index (χ4n) is 3.49. The molecule has 92 valence electrons. The van der Waals surface area contributed by atoms with Gasteiger partial charge in [-0.1, -0.05) is 50.6 Å². The third-order valence-corrected chi connectivity index (χ3v) is 4.56. The molecule has 0 saturated heterocycles. The largest absolute Gasteiger partial charge is 0.300 e. The summed E-state index contributed by atoms with van der Waals surface area (Å²) < 4.78 is 0. The fourth-order valence-corrected chi connectivity index (χ4v) is 3.49. The minimum atomic E-state index is 0.311. The molecule has 3 atom stereocenters. The third-order valence-electron chi connectivity index (χ3n) is 4.56. The van der Waals surface area contributed by atoms with Crippen LogP contribution in [0.15, 0.2) is 30.3 Å². The predicted octanol–water partition coefficient (Wildman–Crippen LogP) is 3.97. The van der Waals surface area contributed by atoms with Crippen molar-refractivity contribution >= 4 is 5.78 Å². The van der Waals surface area contributed by atoms with Crippen LogP contribution in [-0.2, 0) is 10.2 Å². The Labute approximate surface area is 104 Å². The van der Waals surface area contributed by atoms with E-state index in [0.717, 1.165) is 18.8 Å². The van der Waals surface area contributed by atoms with Crippen LogP contribution in [0, 0.1) is 11.8 Å². The second-order valence-corrected chi connectivity index (χ2v) is 5.51. The number of Topliss-reactive ketones (excluding diaryl/α,β-unsaturated/α-hetero) is 1. The zero-order valence-corrected chi connectivity index (χ0v) is 11.1. The SMILES string of the molecule is CC[C@@H]1[C@H](CCC(C)=O)[C@@]1(C)c1ccccc1. The molecule has 0 radical (unpaired) electrons. The average Bonchev–Trinajstić information content (AvgIpc) is 2.93. The summed E-state index contributed by atoms with van der Waals surface area (Å²) in [6, 6.07) is 10.8. The maximum Gasteiger partial charge on any atom is 0.129 e. The van der Waals surface area contributed by atoms with Crippen molar-refractivity contribution in [3.05, 3.63) is 35.9 Å². The zero-order valence-electron chi connectivity index (χ0n) is 11.1. The molecule has 1 aromatic carbocycles. The van der Waals surface area contributed by atoms with Gasteiger partial charge in [-0.05, 0) is 36.2 Å². The van der Waals surface area contributed by atoms with E-state index in [1.807, 2.05) is 0 Å². The molecule has 1 nitrogen and oxygen atoms in total. The van der Waals surface area contributed by atoms with E-state index in [2.05, 4.69) is 44.2 Å². The summed E-state index contributed by atoms with van der Waals surface area (Å²) in [7, 11) is 0. The minimum absolute atomic E-state index is 0.311. The Morgan fingerprint density at radius 2 is 1.88 bits per heavy atom. The number of ketones is 1. The molecule has 0 N–H and O–H groups in total. The van der Waals surface area contributed by atoms with E-state index in [4.69, 9.17) is 0 Å². The van der Waals surface area contributed by atoms with E-state index in [1.54, 1.807) is 6.92 Å². The molecule has 1 heteroatoms. The Morgan fingerprint density at radius 3 is 2.41 bits per heavy atom. The summed E-state index contributed by atoms with van der Waals surface area (Å²) >= 11 is 0. The molecule has 1 saturated carbocycles. The molecular formula is C16H22O. The zero-order chi connectivity index (χ0) is 12.5. The van der Waals surface area contributed by atoms with Crippen LogP contribution in [0.2, 0.25) is 0 Å². The highest BCUT2D eigenvalue weighted by molar-refractivity contribution is 5.75. The molecule has 0 bridgehead atoms. The number of rotatable bonds is 5. The van der Waals surface area contributed by atoms with Gasteiger partial charge in [0.05, 0.1) is 0 Å². The van der Waals surface area contributed by atoms with E-state index in [-0.39, 0.29) is 0 Å². The van der Waals surface area contributed by atoms with Gasteiger partial charge in [0, 0.05) is 6.42 Å². The van der Waals surface area contributed by atoms with Crippen LogP contribution in [0.1, 0.15) is 45.6 Å². The van der Waals surface area contributed by atoms with Gasteiger partial charge in [-0.2, -0.15) is 0 Å². The molecule has 1 fully saturated rings. The average molecular weight is 230 g/mol. The van der Waals surface area contributed by atoms with Crippen LogP contribution < -0.4 is 0 Å². The monoisotopic (exact) mass is 230 g/mol. The molecule has 0 unspecified atom stereocenters.